The van der Waals surface area contributed by atoms with Gasteiger partial charge in [0.25, 0.3) is 0 Å². The number of halogens is 2. The zero-order valence-corrected chi connectivity index (χ0v) is 6.42. The SMILES string of the molecule is COc1ncc(N)cc1B(F)F. The summed E-state index contributed by atoms with van der Waals surface area (Å²) in [5.41, 5.74) is 5.19. The fourth-order valence-electron chi connectivity index (χ4n) is 0.813. The van der Waals surface area contributed by atoms with Gasteiger partial charge in [0.05, 0.1) is 18.8 Å². The van der Waals surface area contributed by atoms with E-state index in [1.165, 1.54) is 13.3 Å². The van der Waals surface area contributed by atoms with E-state index in [-0.39, 0.29) is 17.0 Å². The molecule has 64 valence electrons. The van der Waals surface area contributed by atoms with Crippen molar-refractivity contribution in [2.45, 2.75) is 0 Å². The maximum absolute atomic E-state index is 12.2. The second kappa shape index (κ2) is 3.38. The first-order chi connectivity index (χ1) is 5.65. The molecule has 2 N–H and O–H groups in total. The number of anilines is 1. The average molecular weight is 172 g/mol. The van der Waals surface area contributed by atoms with Gasteiger partial charge in [-0.3, -0.25) is 8.63 Å². The lowest BCUT2D eigenvalue weighted by Crippen LogP contribution is -2.24. The summed E-state index contributed by atoms with van der Waals surface area (Å²) >= 11 is 0. The Morgan fingerprint density at radius 3 is 2.75 bits per heavy atom. The summed E-state index contributed by atoms with van der Waals surface area (Å²) < 4.78 is 29.1. The van der Waals surface area contributed by atoms with Gasteiger partial charge in [0, 0.05) is 5.69 Å². The fraction of sp³-hybridized carbons (Fsp3) is 0.167. The number of pyridine rings is 1. The Morgan fingerprint density at radius 2 is 2.25 bits per heavy atom. The van der Waals surface area contributed by atoms with Crippen LogP contribution >= 0.6 is 0 Å². The molecule has 0 radical (unpaired) electrons. The smallest absolute Gasteiger partial charge is 0.481 e. The number of rotatable bonds is 2. The topological polar surface area (TPSA) is 48.1 Å². The van der Waals surface area contributed by atoms with Gasteiger partial charge in [-0.1, -0.05) is 0 Å². The van der Waals surface area contributed by atoms with Crippen LogP contribution in [0.5, 0.6) is 5.88 Å². The van der Waals surface area contributed by atoms with Crippen LogP contribution in [-0.2, 0) is 0 Å². The van der Waals surface area contributed by atoms with Crippen molar-refractivity contribution in [1.29, 1.82) is 0 Å². The van der Waals surface area contributed by atoms with Crippen molar-refractivity contribution in [3.05, 3.63) is 12.3 Å². The molecule has 0 aliphatic heterocycles. The third-order valence-electron chi connectivity index (χ3n) is 1.33. The predicted molar refractivity (Wildman–Crippen MR) is 42.8 cm³/mol. The molecule has 1 aromatic heterocycles. The summed E-state index contributed by atoms with van der Waals surface area (Å²) in [6.07, 6.45) is 1.27. The van der Waals surface area contributed by atoms with Crippen LogP contribution in [0, 0.1) is 0 Å². The highest BCUT2D eigenvalue weighted by Crippen LogP contribution is 2.08. The van der Waals surface area contributed by atoms with E-state index >= 15 is 0 Å². The molecule has 6 heteroatoms. The lowest BCUT2D eigenvalue weighted by molar-refractivity contribution is 0.400. The highest BCUT2D eigenvalue weighted by molar-refractivity contribution is 6.61. The number of hydrogen-bond donors (Lipinski definition) is 1. The van der Waals surface area contributed by atoms with Crippen molar-refractivity contribution in [2.75, 3.05) is 12.8 Å². The maximum Gasteiger partial charge on any atom is 0.577 e. The zero-order chi connectivity index (χ0) is 9.14. The van der Waals surface area contributed by atoms with E-state index in [0.29, 0.717) is 0 Å². The van der Waals surface area contributed by atoms with E-state index in [1.54, 1.807) is 0 Å². The van der Waals surface area contributed by atoms with Gasteiger partial charge >= 0.3 is 7.27 Å². The number of nitrogens with two attached hydrogens (primary N) is 1. The Morgan fingerprint density at radius 1 is 1.58 bits per heavy atom. The maximum atomic E-state index is 12.2. The second-order valence-electron chi connectivity index (χ2n) is 2.17. The van der Waals surface area contributed by atoms with E-state index in [1.807, 2.05) is 0 Å². The van der Waals surface area contributed by atoms with Gasteiger partial charge in [-0.15, -0.1) is 0 Å². The van der Waals surface area contributed by atoms with Crippen molar-refractivity contribution >= 4 is 18.4 Å². The molecule has 0 aromatic carbocycles. The summed E-state index contributed by atoms with van der Waals surface area (Å²) in [5.74, 6) is -0.0841. The van der Waals surface area contributed by atoms with Gasteiger partial charge in [-0.25, -0.2) is 4.98 Å². The minimum absolute atomic E-state index is 0.0841. The Hall–Kier alpha value is -1.33. The Kier molecular flexibility index (Phi) is 2.47. The largest absolute Gasteiger partial charge is 0.577 e. The van der Waals surface area contributed by atoms with E-state index in [4.69, 9.17) is 5.73 Å². The molecular weight excluding hydrogens is 165 g/mol. The molecule has 0 spiro atoms. The van der Waals surface area contributed by atoms with Crippen LogP contribution in [0.3, 0.4) is 0 Å². The van der Waals surface area contributed by atoms with Crippen LogP contribution in [0.25, 0.3) is 0 Å². The average Bonchev–Trinajstić information content (AvgIpc) is 2.04. The number of ether oxygens (including phenoxy) is 1. The molecule has 1 heterocycles. The number of hydrogen-bond acceptors (Lipinski definition) is 3. The summed E-state index contributed by atoms with van der Waals surface area (Å²) in [5, 5.41) is 0. The normalized spacial score (nSPS) is 9.58. The van der Waals surface area contributed by atoms with Crippen molar-refractivity contribution < 1.29 is 13.4 Å². The monoisotopic (exact) mass is 172 g/mol. The minimum atomic E-state index is -2.61. The molecule has 0 saturated carbocycles. The van der Waals surface area contributed by atoms with E-state index in [2.05, 4.69) is 9.72 Å². The molecule has 0 unspecified atom stereocenters. The van der Waals surface area contributed by atoms with E-state index in [9.17, 15) is 8.63 Å². The van der Waals surface area contributed by atoms with Crippen molar-refractivity contribution in [3.8, 4) is 5.88 Å². The Bertz CT molecular complexity index is 282. The molecule has 0 aliphatic carbocycles. The first kappa shape index (κ1) is 8.77. The number of nitrogen functional groups attached to an aromatic ring is 1. The predicted octanol–water partition coefficient (Wildman–Crippen LogP) is 0.307. The summed E-state index contributed by atoms with van der Waals surface area (Å²) in [7, 11) is -1.33. The molecule has 3 nitrogen and oxygen atoms in total. The molecule has 12 heavy (non-hydrogen) atoms. The Labute approximate surface area is 68.7 Å². The van der Waals surface area contributed by atoms with Gasteiger partial charge in [-0.05, 0) is 6.07 Å². The standard InChI is InChI=1S/C6H7BF2N2O/c1-12-6-5(7(8)9)2-4(10)3-11-6/h2-3H,10H2,1H3. The van der Waals surface area contributed by atoms with Gasteiger partial charge in [-0.2, -0.15) is 0 Å². The van der Waals surface area contributed by atoms with Gasteiger partial charge < -0.3 is 10.5 Å². The second-order valence-corrected chi connectivity index (χ2v) is 2.17. The molecule has 0 saturated heterocycles. The van der Waals surface area contributed by atoms with Crippen LogP contribution in [0.4, 0.5) is 14.3 Å². The number of nitrogens with zero attached hydrogens (tertiary/aromatic N) is 1. The third kappa shape index (κ3) is 1.64. The van der Waals surface area contributed by atoms with Crippen molar-refractivity contribution in [1.82, 2.24) is 4.98 Å². The zero-order valence-electron chi connectivity index (χ0n) is 6.42. The Balaban J connectivity index is 3.12. The number of aromatic nitrogens is 1. The first-order valence-corrected chi connectivity index (χ1v) is 3.22. The van der Waals surface area contributed by atoms with Gasteiger partial charge in [0.1, 0.15) is 0 Å². The molecule has 0 fully saturated rings. The lowest BCUT2D eigenvalue weighted by Gasteiger charge is -2.04. The fourth-order valence-corrected chi connectivity index (χ4v) is 0.813. The summed E-state index contributed by atoms with van der Waals surface area (Å²) in [4.78, 5) is 3.59. The van der Waals surface area contributed by atoms with Crippen molar-refractivity contribution in [2.24, 2.45) is 0 Å². The van der Waals surface area contributed by atoms with Crippen LogP contribution in [0.15, 0.2) is 12.3 Å². The van der Waals surface area contributed by atoms with Crippen LogP contribution in [-0.4, -0.2) is 19.4 Å². The molecule has 1 aromatic rings. The molecule has 0 amide bonds. The first-order valence-electron chi connectivity index (χ1n) is 3.22. The third-order valence-corrected chi connectivity index (χ3v) is 1.33. The highest BCUT2D eigenvalue weighted by atomic mass is 19.2. The van der Waals surface area contributed by atoms with E-state index < -0.39 is 7.27 Å². The molecule has 1 rings (SSSR count). The van der Waals surface area contributed by atoms with Crippen LogP contribution in [0.1, 0.15) is 0 Å². The van der Waals surface area contributed by atoms with Crippen LogP contribution < -0.4 is 15.9 Å². The molecule has 0 aliphatic rings. The summed E-state index contributed by atoms with van der Waals surface area (Å²) in [6, 6.07) is 1.15. The molecular formula is C6H7BF2N2O. The van der Waals surface area contributed by atoms with E-state index in [0.717, 1.165) is 6.07 Å². The minimum Gasteiger partial charge on any atom is -0.481 e. The molecule has 0 bridgehead atoms. The van der Waals surface area contributed by atoms with Gasteiger partial charge in [0.2, 0.25) is 5.88 Å². The number of methoxy groups -OCH3 is 1. The quantitative estimate of drug-likeness (QED) is 0.652. The molecule has 0 atom stereocenters. The highest BCUT2D eigenvalue weighted by Gasteiger charge is 2.22. The van der Waals surface area contributed by atoms with Crippen molar-refractivity contribution in [3.63, 3.8) is 0 Å². The van der Waals surface area contributed by atoms with Gasteiger partial charge in [0.15, 0.2) is 0 Å². The summed E-state index contributed by atoms with van der Waals surface area (Å²) in [6.45, 7) is 0. The van der Waals surface area contributed by atoms with Crippen LogP contribution in [0.2, 0.25) is 0 Å². The lowest BCUT2D eigenvalue weighted by atomic mass is 9.87.